The Morgan fingerprint density at radius 2 is 1.95 bits per heavy atom. The predicted octanol–water partition coefficient (Wildman–Crippen LogP) is 8.29. The molecule has 2 aromatic rings. The average molecular weight is 622 g/mol. The molecular weight excluding hydrogens is 578 g/mol. The number of hydrogen-bond donors (Lipinski definition) is 0. The summed E-state index contributed by atoms with van der Waals surface area (Å²) in [6, 6.07) is 7.96. The minimum atomic E-state index is -0.558. The van der Waals surface area contributed by atoms with Crippen molar-refractivity contribution >= 4 is 45.3 Å². The van der Waals surface area contributed by atoms with Gasteiger partial charge >= 0.3 is 11.9 Å². The van der Waals surface area contributed by atoms with E-state index in [1.807, 2.05) is 31.2 Å². The Morgan fingerprint density at radius 3 is 2.61 bits per heavy atom. The minimum absolute atomic E-state index is 0.0287. The number of allylic oxidation sites excluding steroid dienone is 2. The Balaban J connectivity index is 1.80. The number of azo groups is 1. The zero-order valence-corrected chi connectivity index (χ0v) is 27.2. The van der Waals surface area contributed by atoms with Gasteiger partial charge in [-0.2, -0.15) is 15.5 Å². The van der Waals surface area contributed by atoms with Gasteiger partial charge in [0.15, 0.2) is 0 Å². The maximum atomic E-state index is 12.3. The summed E-state index contributed by atoms with van der Waals surface area (Å²) in [5, 5.41) is 18.3. The molecule has 1 unspecified atom stereocenters. The zero-order valence-electron chi connectivity index (χ0n) is 26.4. The Labute approximate surface area is 265 Å². The van der Waals surface area contributed by atoms with Crippen LogP contribution in [0, 0.1) is 37.7 Å². The van der Waals surface area contributed by atoms with Gasteiger partial charge in [-0.05, 0) is 69.4 Å². The molecule has 0 amide bonds. The van der Waals surface area contributed by atoms with Crippen LogP contribution in [-0.4, -0.2) is 52.0 Å². The number of hydrogen-bond acceptors (Lipinski definition) is 10. The van der Waals surface area contributed by atoms with Crippen molar-refractivity contribution < 1.29 is 23.8 Å². The lowest BCUT2D eigenvalue weighted by molar-refractivity contribution is -0.154. The van der Waals surface area contributed by atoms with Gasteiger partial charge in [0.1, 0.15) is 17.7 Å². The van der Waals surface area contributed by atoms with Gasteiger partial charge in [-0.25, -0.2) is 4.85 Å². The number of nitriles is 1. The lowest BCUT2D eigenvalue weighted by atomic mass is 10.0. The molecule has 2 rings (SSSR count). The molecule has 0 N–H and O–H groups in total. The first kappa shape index (κ1) is 36.1. The van der Waals surface area contributed by atoms with E-state index in [-0.39, 0.29) is 19.6 Å². The summed E-state index contributed by atoms with van der Waals surface area (Å²) in [6.07, 6.45) is 8.81. The molecule has 0 saturated heterocycles. The van der Waals surface area contributed by atoms with Crippen molar-refractivity contribution in [2.45, 2.75) is 66.2 Å². The van der Waals surface area contributed by atoms with Crippen LogP contribution in [0.25, 0.3) is 4.85 Å². The number of aryl methyl sites for hydroxylation is 1. The van der Waals surface area contributed by atoms with Crippen LogP contribution in [0.1, 0.15) is 68.4 Å². The van der Waals surface area contributed by atoms with E-state index in [1.165, 1.54) is 24.9 Å². The van der Waals surface area contributed by atoms with Crippen molar-refractivity contribution in [3.05, 3.63) is 57.8 Å². The molecule has 1 aromatic heterocycles. The number of rotatable bonds is 19. The Kier molecular flexibility index (Phi) is 16.4. The number of esters is 2. The number of thiophene rings is 1. The second kappa shape index (κ2) is 20.0. The van der Waals surface area contributed by atoms with Crippen LogP contribution in [-0.2, 0) is 23.8 Å². The van der Waals surface area contributed by atoms with Gasteiger partial charge in [-0.15, -0.1) is 11.3 Å². The highest BCUT2D eigenvalue weighted by atomic mass is 32.1. The van der Waals surface area contributed by atoms with Crippen molar-refractivity contribution in [2.24, 2.45) is 16.1 Å². The fourth-order valence-corrected chi connectivity index (χ4v) is 5.25. The lowest BCUT2D eigenvalue weighted by Gasteiger charge is -2.23. The molecule has 1 heterocycles. The largest absolute Gasteiger partial charge is 0.469 e. The van der Waals surface area contributed by atoms with E-state index in [9.17, 15) is 14.9 Å². The van der Waals surface area contributed by atoms with Crippen LogP contribution in [0.15, 0.2) is 40.6 Å². The van der Waals surface area contributed by atoms with Crippen LogP contribution in [0.2, 0.25) is 0 Å². The number of carbonyl (C=O) groups is 2. The maximum absolute atomic E-state index is 12.3. The number of methoxy groups -OCH3 is 1. The third-order valence-corrected chi connectivity index (χ3v) is 8.06. The Bertz CT molecular complexity index is 1370. The summed E-state index contributed by atoms with van der Waals surface area (Å²) in [5.74, 6) is -1.42. The van der Waals surface area contributed by atoms with E-state index in [1.54, 1.807) is 6.92 Å². The Hall–Kier alpha value is -4.06. The summed E-state index contributed by atoms with van der Waals surface area (Å²) in [4.78, 5) is 30.5. The number of carbonyl (C=O) groups excluding carboxylic acids is 2. The molecule has 1 atom stereocenters. The minimum Gasteiger partial charge on any atom is -0.469 e. The van der Waals surface area contributed by atoms with Crippen molar-refractivity contribution in [1.29, 1.82) is 5.26 Å². The van der Waals surface area contributed by atoms with E-state index >= 15 is 0 Å². The topological polar surface area (TPSA) is 118 Å². The van der Waals surface area contributed by atoms with Crippen LogP contribution >= 0.6 is 11.3 Å². The first-order chi connectivity index (χ1) is 21.3. The maximum Gasteiger partial charge on any atom is 0.309 e. The molecule has 1 aromatic carbocycles. The van der Waals surface area contributed by atoms with Crippen molar-refractivity contribution in [3.63, 3.8) is 0 Å². The first-order valence-corrected chi connectivity index (χ1v) is 15.8. The molecular formula is C33H43N5O5S. The van der Waals surface area contributed by atoms with Crippen molar-refractivity contribution in [2.75, 3.05) is 44.9 Å². The highest BCUT2D eigenvalue weighted by Gasteiger charge is 2.22. The highest BCUT2D eigenvalue weighted by molar-refractivity contribution is 7.17. The third kappa shape index (κ3) is 11.6. The van der Waals surface area contributed by atoms with Gasteiger partial charge in [0.2, 0.25) is 5.69 Å². The lowest BCUT2D eigenvalue weighted by Crippen LogP contribution is -2.27. The molecule has 44 heavy (non-hydrogen) atoms. The summed E-state index contributed by atoms with van der Waals surface area (Å²) in [7, 11) is 1.33. The molecule has 11 heteroatoms. The highest BCUT2D eigenvalue weighted by Crippen LogP contribution is 2.42. The number of nitrogens with zero attached hydrogens (tertiary/aromatic N) is 5. The molecule has 0 aliphatic heterocycles. The van der Waals surface area contributed by atoms with E-state index in [2.05, 4.69) is 46.0 Å². The monoisotopic (exact) mass is 621 g/mol. The van der Waals surface area contributed by atoms with Gasteiger partial charge in [-0.1, -0.05) is 31.9 Å². The van der Waals surface area contributed by atoms with E-state index in [0.717, 1.165) is 37.1 Å². The summed E-state index contributed by atoms with van der Waals surface area (Å²) < 4.78 is 15.9. The fraction of sp³-hybridized carbons (Fsp3) is 0.515. The third-order valence-electron chi connectivity index (χ3n) is 6.99. The van der Waals surface area contributed by atoms with E-state index < -0.39 is 17.9 Å². The van der Waals surface area contributed by atoms with Crippen LogP contribution in [0.5, 0.6) is 0 Å². The van der Waals surface area contributed by atoms with Crippen LogP contribution in [0.4, 0.5) is 22.1 Å². The number of benzene rings is 1. The second-order valence-electron chi connectivity index (χ2n) is 10.1. The molecule has 0 fully saturated rings. The van der Waals surface area contributed by atoms with E-state index in [4.69, 9.17) is 20.8 Å². The Morgan fingerprint density at radius 1 is 1.16 bits per heavy atom. The predicted molar refractivity (Wildman–Crippen MR) is 173 cm³/mol. The molecule has 0 saturated carbocycles. The van der Waals surface area contributed by atoms with Gasteiger partial charge in [0, 0.05) is 18.8 Å². The molecule has 0 aliphatic carbocycles. The van der Waals surface area contributed by atoms with Gasteiger partial charge in [0.25, 0.3) is 0 Å². The SMILES string of the molecule is [C-]#[N+]c1c(N=Nc2ccc(N(CC)CCOCCOC(=O)CC(C/C=C/CCCCC)C(=O)OC)cc2C)sc(C#N)c1C. The molecule has 0 radical (unpaired) electrons. The van der Waals surface area contributed by atoms with Gasteiger partial charge in [0.05, 0.1) is 49.8 Å². The normalized spacial score (nSPS) is 11.8. The smallest absolute Gasteiger partial charge is 0.309 e. The quantitative estimate of drug-likeness (QED) is 0.0509. The molecule has 10 nitrogen and oxygen atoms in total. The summed E-state index contributed by atoms with van der Waals surface area (Å²) >= 11 is 1.17. The standard InChI is InChI=1S/C33H43N5O5S/c1-7-9-10-11-12-13-14-26(33(40)41-6)22-30(39)43-20-19-42-18-17-38(8-2)27-15-16-28(24(3)21-27)36-37-32-31(35-5)25(4)29(23-34)44-32/h12-13,15-16,21,26H,7-11,14,17-20,22H2,1-4,6H3/b13-12+,37-36?. The number of ether oxygens (including phenoxy) is 3. The molecule has 0 bridgehead atoms. The van der Waals surface area contributed by atoms with E-state index in [0.29, 0.717) is 46.4 Å². The summed E-state index contributed by atoms with van der Waals surface area (Å²) in [6.45, 7) is 17.5. The van der Waals surface area contributed by atoms with Gasteiger partial charge < -0.3 is 19.1 Å². The zero-order chi connectivity index (χ0) is 32.3. The number of anilines is 1. The molecule has 0 spiro atoms. The summed E-state index contributed by atoms with van der Waals surface area (Å²) in [5.41, 5.74) is 3.61. The second-order valence-corrected chi connectivity index (χ2v) is 11.1. The average Bonchev–Trinajstić information content (AvgIpc) is 3.34. The van der Waals surface area contributed by atoms with Crippen LogP contribution < -0.4 is 4.90 Å². The van der Waals surface area contributed by atoms with Crippen LogP contribution in [0.3, 0.4) is 0 Å². The van der Waals surface area contributed by atoms with Crippen molar-refractivity contribution in [3.8, 4) is 6.07 Å². The number of likely N-dealkylation sites (N-methyl/N-ethyl adjacent to an activating group) is 1. The fourth-order valence-electron chi connectivity index (χ4n) is 4.38. The molecule has 236 valence electrons. The van der Waals surface area contributed by atoms with Gasteiger partial charge in [-0.3, -0.25) is 9.59 Å². The number of unbranched alkanes of at least 4 members (excludes halogenated alkanes) is 3. The molecule has 0 aliphatic rings. The van der Waals surface area contributed by atoms with Crippen molar-refractivity contribution in [1.82, 2.24) is 0 Å². The first-order valence-electron chi connectivity index (χ1n) is 14.9.